The van der Waals surface area contributed by atoms with Crippen LogP contribution >= 0.6 is 0 Å². The van der Waals surface area contributed by atoms with Crippen LogP contribution in [-0.4, -0.2) is 24.2 Å². The molecule has 0 aromatic heterocycles. The molecule has 0 bridgehead atoms. The van der Waals surface area contributed by atoms with E-state index in [0.29, 0.717) is 6.42 Å². The molecule has 0 atom stereocenters. The first-order chi connectivity index (χ1) is 6.61. The number of carboxylic acids is 1. The van der Waals surface area contributed by atoms with Gasteiger partial charge in [-0.3, -0.25) is 0 Å². The Morgan fingerprint density at radius 1 is 1.36 bits per heavy atom. The van der Waals surface area contributed by atoms with E-state index < -0.39 is 11.9 Å². The lowest BCUT2D eigenvalue weighted by Gasteiger charge is -2.03. The van der Waals surface area contributed by atoms with Crippen molar-refractivity contribution in [1.82, 2.24) is 0 Å². The zero-order valence-corrected chi connectivity index (χ0v) is 8.58. The smallest absolute Gasteiger partial charge is 0.333 e. The van der Waals surface area contributed by atoms with Crippen molar-refractivity contribution >= 4 is 11.9 Å². The highest BCUT2D eigenvalue weighted by atomic mass is 16.5. The molecule has 0 aliphatic rings. The first-order valence-electron chi connectivity index (χ1n) is 4.63. The molecule has 14 heavy (non-hydrogen) atoms. The first kappa shape index (κ1) is 12.7. The van der Waals surface area contributed by atoms with Crippen LogP contribution in [0.3, 0.4) is 0 Å². The van der Waals surface area contributed by atoms with Gasteiger partial charge in [-0.25, -0.2) is 9.59 Å². The van der Waals surface area contributed by atoms with Gasteiger partial charge in [-0.2, -0.15) is 0 Å². The van der Waals surface area contributed by atoms with Gasteiger partial charge in [0.25, 0.3) is 0 Å². The van der Waals surface area contributed by atoms with E-state index in [9.17, 15) is 9.59 Å². The normalized spacial score (nSPS) is 11.1. The number of aliphatic carboxylic acids is 1. The van der Waals surface area contributed by atoms with Gasteiger partial charge < -0.3 is 9.84 Å². The molecular weight excluding hydrogens is 184 g/mol. The molecule has 0 saturated carbocycles. The van der Waals surface area contributed by atoms with Crippen molar-refractivity contribution in [3.8, 4) is 0 Å². The van der Waals surface area contributed by atoms with E-state index >= 15 is 0 Å². The zero-order chi connectivity index (χ0) is 11.0. The van der Waals surface area contributed by atoms with Crippen LogP contribution in [-0.2, 0) is 14.3 Å². The summed E-state index contributed by atoms with van der Waals surface area (Å²) in [6.07, 6.45) is 4.20. The Labute approximate surface area is 83.6 Å². The Hall–Kier alpha value is -1.32. The highest BCUT2D eigenvalue weighted by Gasteiger charge is 2.10. The molecule has 0 saturated heterocycles. The second-order valence-electron chi connectivity index (χ2n) is 2.96. The summed E-state index contributed by atoms with van der Waals surface area (Å²) in [5.41, 5.74) is 0.230. The molecule has 0 radical (unpaired) electrons. The molecule has 0 amide bonds. The number of carbonyl (C=O) groups is 2. The van der Waals surface area contributed by atoms with Crippen molar-refractivity contribution < 1.29 is 19.4 Å². The van der Waals surface area contributed by atoms with E-state index in [4.69, 9.17) is 5.11 Å². The number of carbonyl (C=O) groups excluding carboxylic acids is 1. The van der Waals surface area contributed by atoms with Crippen molar-refractivity contribution in [1.29, 1.82) is 0 Å². The molecule has 0 heterocycles. The van der Waals surface area contributed by atoms with Crippen LogP contribution in [0, 0.1) is 0 Å². The molecule has 4 nitrogen and oxygen atoms in total. The highest BCUT2D eigenvalue weighted by Crippen LogP contribution is 2.10. The van der Waals surface area contributed by atoms with Crippen molar-refractivity contribution in [2.45, 2.75) is 32.6 Å². The van der Waals surface area contributed by atoms with E-state index in [1.807, 2.05) is 6.92 Å². The molecule has 80 valence electrons. The molecular formula is C10H16O4. The van der Waals surface area contributed by atoms with Gasteiger partial charge in [0.05, 0.1) is 7.11 Å². The predicted molar refractivity (Wildman–Crippen MR) is 51.9 cm³/mol. The van der Waals surface area contributed by atoms with Crippen molar-refractivity contribution in [3.63, 3.8) is 0 Å². The second kappa shape index (κ2) is 7.12. The lowest BCUT2D eigenvalue weighted by Crippen LogP contribution is -2.07. The molecule has 0 aromatic carbocycles. The molecule has 0 unspecified atom stereocenters. The summed E-state index contributed by atoms with van der Waals surface area (Å²) in [4.78, 5) is 21.5. The molecule has 0 spiro atoms. The Kier molecular flexibility index (Phi) is 6.45. The largest absolute Gasteiger partial charge is 0.478 e. The monoisotopic (exact) mass is 200 g/mol. The Balaban J connectivity index is 4.26. The number of esters is 1. The van der Waals surface area contributed by atoms with E-state index in [0.717, 1.165) is 25.3 Å². The highest BCUT2D eigenvalue weighted by molar-refractivity contribution is 5.95. The SMILES string of the molecule is CCCCCC(=CC(=O)O)C(=O)OC. The lowest BCUT2D eigenvalue weighted by molar-refractivity contribution is -0.137. The summed E-state index contributed by atoms with van der Waals surface area (Å²) in [5.74, 6) is -1.66. The van der Waals surface area contributed by atoms with Crippen LogP contribution < -0.4 is 0 Å². The zero-order valence-electron chi connectivity index (χ0n) is 8.58. The minimum Gasteiger partial charge on any atom is -0.478 e. The van der Waals surface area contributed by atoms with Crippen LogP contribution in [0.2, 0.25) is 0 Å². The van der Waals surface area contributed by atoms with E-state index in [-0.39, 0.29) is 5.57 Å². The Bertz CT molecular complexity index is 230. The van der Waals surface area contributed by atoms with Gasteiger partial charge in [0.15, 0.2) is 0 Å². The van der Waals surface area contributed by atoms with E-state index in [2.05, 4.69) is 4.74 Å². The van der Waals surface area contributed by atoms with Gasteiger partial charge in [0.1, 0.15) is 0 Å². The summed E-state index contributed by atoms with van der Waals surface area (Å²) >= 11 is 0. The quantitative estimate of drug-likeness (QED) is 0.403. The molecule has 0 aliphatic carbocycles. The third-order valence-corrected chi connectivity index (χ3v) is 1.79. The minimum atomic E-state index is -1.11. The maximum atomic E-state index is 11.1. The van der Waals surface area contributed by atoms with Crippen molar-refractivity contribution in [2.24, 2.45) is 0 Å². The van der Waals surface area contributed by atoms with Crippen molar-refractivity contribution in [3.05, 3.63) is 11.6 Å². The Morgan fingerprint density at radius 3 is 2.43 bits per heavy atom. The maximum absolute atomic E-state index is 11.1. The number of hydrogen-bond acceptors (Lipinski definition) is 3. The van der Waals surface area contributed by atoms with E-state index in [1.165, 1.54) is 7.11 Å². The van der Waals surface area contributed by atoms with E-state index in [1.54, 1.807) is 0 Å². The van der Waals surface area contributed by atoms with Crippen LogP contribution in [0.15, 0.2) is 11.6 Å². The first-order valence-corrected chi connectivity index (χ1v) is 4.63. The topological polar surface area (TPSA) is 63.6 Å². The lowest BCUT2D eigenvalue weighted by atomic mass is 10.1. The molecule has 4 heteroatoms. The summed E-state index contributed by atoms with van der Waals surface area (Å²) < 4.78 is 4.47. The average Bonchev–Trinajstić information content (AvgIpc) is 2.15. The second-order valence-corrected chi connectivity index (χ2v) is 2.96. The van der Waals surface area contributed by atoms with Crippen LogP contribution in [0.25, 0.3) is 0 Å². The van der Waals surface area contributed by atoms with Gasteiger partial charge in [0, 0.05) is 11.6 Å². The number of ether oxygens (including phenoxy) is 1. The van der Waals surface area contributed by atoms with Crippen LogP contribution in [0.4, 0.5) is 0 Å². The molecule has 0 rings (SSSR count). The number of hydrogen-bond donors (Lipinski definition) is 1. The van der Waals surface area contributed by atoms with Gasteiger partial charge in [0.2, 0.25) is 0 Å². The molecule has 0 aromatic rings. The molecule has 1 N–H and O–H groups in total. The third-order valence-electron chi connectivity index (χ3n) is 1.79. The predicted octanol–water partition coefficient (Wildman–Crippen LogP) is 1.75. The fourth-order valence-corrected chi connectivity index (χ4v) is 1.08. The van der Waals surface area contributed by atoms with Gasteiger partial charge >= 0.3 is 11.9 Å². The summed E-state index contributed by atoms with van der Waals surface area (Å²) in [5, 5.41) is 8.50. The van der Waals surface area contributed by atoms with Gasteiger partial charge in [-0.15, -0.1) is 0 Å². The number of rotatable bonds is 6. The fraction of sp³-hybridized carbons (Fsp3) is 0.600. The van der Waals surface area contributed by atoms with Gasteiger partial charge in [-0.1, -0.05) is 19.8 Å². The maximum Gasteiger partial charge on any atom is 0.333 e. The van der Waals surface area contributed by atoms with Crippen LogP contribution in [0.1, 0.15) is 32.6 Å². The standard InChI is InChI=1S/C10H16O4/c1-3-4-5-6-8(7-9(11)12)10(13)14-2/h7H,3-6H2,1-2H3,(H,11,12). The number of unbranched alkanes of at least 4 members (excludes halogenated alkanes) is 2. The summed E-state index contributed by atoms with van der Waals surface area (Å²) in [7, 11) is 1.25. The molecule has 0 fully saturated rings. The Morgan fingerprint density at radius 2 is 2.00 bits per heavy atom. The third kappa shape index (κ3) is 5.35. The van der Waals surface area contributed by atoms with Gasteiger partial charge in [-0.05, 0) is 12.8 Å². The number of carboxylic acid groups (broad SMARTS) is 1. The molecule has 0 aliphatic heterocycles. The summed E-state index contributed by atoms with van der Waals surface area (Å²) in [6, 6.07) is 0. The minimum absolute atomic E-state index is 0.230. The van der Waals surface area contributed by atoms with Crippen LogP contribution in [0.5, 0.6) is 0 Å². The van der Waals surface area contributed by atoms with Crippen molar-refractivity contribution in [2.75, 3.05) is 7.11 Å². The number of methoxy groups -OCH3 is 1. The fourth-order valence-electron chi connectivity index (χ4n) is 1.08. The summed E-state index contributed by atoms with van der Waals surface area (Å²) in [6.45, 7) is 2.04. The average molecular weight is 200 g/mol.